The number of benzene rings is 2. The molecular formula is C23H24N2O2S. The lowest BCUT2D eigenvalue weighted by atomic mass is 9.94. The van der Waals surface area contributed by atoms with Gasteiger partial charge in [-0.25, -0.2) is 4.79 Å². The fourth-order valence-electron chi connectivity index (χ4n) is 3.82. The molecule has 1 aliphatic heterocycles. The largest absolute Gasteiger partial charge is 0.478 e. The molecule has 0 aliphatic carbocycles. The lowest BCUT2D eigenvalue weighted by molar-refractivity contribution is 0.0699. The van der Waals surface area contributed by atoms with Crippen molar-refractivity contribution in [2.75, 3.05) is 12.3 Å². The van der Waals surface area contributed by atoms with Crippen LogP contribution in [0, 0.1) is 0 Å². The molecule has 1 atom stereocenters. The van der Waals surface area contributed by atoms with E-state index in [-0.39, 0.29) is 0 Å². The van der Waals surface area contributed by atoms with E-state index in [2.05, 4.69) is 46.7 Å². The van der Waals surface area contributed by atoms with Crippen LogP contribution in [-0.4, -0.2) is 34.4 Å². The molecule has 2 aromatic carbocycles. The summed E-state index contributed by atoms with van der Waals surface area (Å²) in [6.07, 6.45) is 6.39. The third kappa shape index (κ3) is 4.16. The molecular weight excluding hydrogens is 368 g/mol. The van der Waals surface area contributed by atoms with Crippen LogP contribution in [0.15, 0.2) is 60.8 Å². The van der Waals surface area contributed by atoms with Crippen molar-refractivity contribution in [3.8, 4) is 0 Å². The zero-order chi connectivity index (χ0) is 19.3. The molecule has 1 unspecified atom stereocenters. The van der Waals surface area contributed by atoms with Gasteiger partial charge in [0.05, 0.1) is 5.56 Å². The summed E-state index contributed by atoms with van der Waals surface area (Å²) >= 11 is 1.86. The van der Waals surface area contributed by atoms with Crippen LogP contribution in [0.2, 0.25) is 0 Å². The van der Waals surface area contributed by atoms with Crippen molar-refractivity contribution in [1.29, 1.82) is 0 Å². The monoisotopic (exact) mass is 392 g/mol. The van der Waals surface area contributed by atoms with Crippen molar-refractivity contribution in [3.63, 3.8) is 0 Å². The van der Waals surface area contributed by atoms with Gasteiger partial charge in [0.15, 0.2) is 0 Å². The maximum Gasteiger partial charge on any atom is 0.336 e. The highest BCUT2D eigenvalue weighted by molar-refractivity contribution is 7.98. The number of hydrogen-bond donors (Lipinski definition) is 3. The van der Waals surface area contributed by atoms with Crippen LogP contribution in [0.1, 0.15) is 34.3 Å². The molecule has 144 valence electrons. The van der Waals surface area contributed by atoms with Gasteiger partial charge in [-0.15, -0.1) is 0 Å². The van der Waals surface area contributed by atoms with Crippen LogP contribution in [0.3, 0.4) is 0 Å². The fraction of sp³-hybridized carbons (Fsp3) is 0.261. The lowest BCUT2D eigenvalue weighted by Crippen LogP contribution is -2.33. The van der Waals surface area contributed by atoms with Crippen LogP contribution < -0.4 is 5.32 Å². The Hall–Kier alpha value is -2.50. The topological polar surface area (TPSA) is 65.1 Å². The fourth-order valence-corrected chi connectivity index (χ4v) is 4.86. The molecule has 5 heteroatoms. The summed E-state index contributed by atoms with van der Waals surface area (Å²) in [5.74, 6) is 0.989. The summed E-state index contributed by atoms with van der Waals surface area (Å²) in [5.41, 5.74) is 5.08. The van der Waals surface area contributed by atoms with E-state index >= 15 is 0 Å². The Balaban J connectivity index is 1.33. The molecule has 0 bridgehead atoms. The van der Waals surface area contributed by atoms with Gasteiger partial charge in [-0.05, 0) is 47.4 Å². The molecule has 0 saturated heterocycles. The Labute approximate surface area is 169 Å². The first-order valence-corrected chi connectivity index (χ1v) is 10.8. The van der Waals surface area contributed by atoms with Crippen LogP contribution in [0.5, 0.6) is 0 Å². The predicted octanol–water partition coefficient (Wildman–Crippen LogP) is 4.93. The van der Waals surface area contributed by atoms with Crippen molar-refractivity contribution in [3.05, 3.63) is 77.5 Å². The highest BCUT2D eigenvalue weighted by atomic mass is 32.2. The highest BCUT2D eigenvalue weighted by Gasteiger charge is 2.17. The number of thioether (sulfide) groups is 1. The number of carboxylic acids is 1. The van der Waals surface area contributed by atoms with Crippen molar-refractivity contribution in [2.45, 2.75) is 24.6 Å². The first-order chi connectivity index (χ1) is 13.7. The van der Waals surface area contributed by atoms with Gasteiger partial charge in [-0.1, -0.05) is 42.5 Å². The number of hydrogen-bond acceptors (Lipinski definition) is 3. The van der Waals surface area contributed by atoms with Gasteiger partial charge in [-0.3, -0.25) is 0 Å². The van der Waals surface area contributed by atoms with Crippen molar-refractivity contribution >= 4 is 34.2 Å². The quantitative estimate of drug-likeness (QED) is 0.499. The molecule has 3 N–H and O–H groups in total. The zero-order valence-corrected chi connectivity index (χ0v) is 16.5. The Morgan fingerprint density at radius 2 is 2.00 bits per heavy atom. The number of H-pyrrole nitrogens is 1. The second-order valence-electron chi connectivity index (χ2n) is 7.09. The second-order valence-corrected chi connectivity index (χ2v) is 8.20. The number of fused-ring (bicyclic) bond motifs is 1. The van der Waals surface area contributed by atoms with E-state index in [1.807, 2.05) is 24.0 Å². The lowest BCUT2D eigenvalue weighted by Gasteiger charge is -2.24. The smallest absolute Gasteiger partial charge is 0.336 e. The van der Waals surface area contributed by atoms with E-state index in [0.29, 0.717) is 11.6 Å². The molecule has 0 radical (unpaired) electrons. The molecule has 2 heterocycles. The third-order valence-corrected chi connectivity index (χ3v) is 6.29. The molecule has 0 saturated carbocycles. The van der Waals surface area contributed by atoms with E-state index in [9.17, 15) is 9.90 Å². The summed E-state index contributed by atoms with van der Waals surface area (Å²) in [4.78, 5) is 14.7. The first kappa shape index (κ1) is 18.8. The molecule has 0 amide bonds. The number of carbonyl (C=O) groups is 1. The van der Waals surface area contributed by atoms with Crippen molar-refractivity contribution in [1.82, 2.24) is 10.3 Å². The summed E-state index contributed by atoms with van der Waals surface area (Å²) < 4.78 is 0. The molecule has 0 spiro atoms. The average molecular weight is 393 g/mol. The minimum Gasteiger partial charge on any atom is -0.478 e. The van der Waals surface area contributed by atoms with Crippen LogP contribution in [0.4, 0.5) is 0 Å². The van der Waals surface area contributed by atoms with Gasteiger partial charge in [0.1, 0.15) is 0 Å². The Morgan fingerprint density at radius 3 is 2.82 bits per heavy atom. The van der Waals surface area contributed by atoms with E-state index in [1.165, 1.54) is 11.1 Å². The number of aromatic carboxylic acids is 1. The van der Waals surface area contributed by atoms with Gasteiger partial charge in [0.2, 0.25) is 0 Å². The summed E-state index contributed by atoms with van der Waals surface area (Å²) in [6, 6.07) is 16.5. The zero-order valence-electron chi connectivity index (χ0n) is 15.7. The average Bonchev–Trinajstić information content (AvgIpc) is 3.15. The van der Waals surface area contributed by atoms with Crippen LogP contribution in [-0.2, 0) is 5.75 Å². The summed E-state index contributed by atoms with van der Waals surface area (Å²) in [6.45, 7) is 0.921. The van der Waals surface area contributed by atoms with Gasteiger partial charge < -0.3 is 15.4 Å². The van der Waals surface area contributed by atoms with Crippen molar-refractivity contribution in [2.24, 2.45) is 0 Å². The van der Waals surface area contributed by atoms with Gasteiger partial charge >= 0.3 is 5.97 Å². The SMILES string of the molecule is O=C(O)c1cccc2[nH]cc(CSCCC3CC(c4ccccc4)=CCN3)c12. The second kappa shape index (κ2) is 8.67. The standard InChI is InChI=1S/C23H24N2O2S/c26-23(27)20-7-4-8-21-22(20)18(14-25-21)15-28-12-10-19-13-17(9-11-24-19)16-5-2-1-3-6-16/h1-9,14,19,24-25H,10-13,15H2,(H,26,27). The van der Waals surface area contributed by atoms with E-state index < -0.39 is 5.97 Å². The Bertz CT molecular complexity index is 994. The Kier molecular flexibility index (Phi) is 5.84. The summed E-state index contributed by atoms with van der Waals surface area (Å²) in [7, 11) is 0. The highest BCUT2D eigenvalue weighted by Crippen LogP contribution is 2.28. The van der Waals surface area contributed by atoms with Crippen LogP contribution in [0.25, 0.3) is 16.5 Å². The van der Waals surface area contributed by atoms with Crippen molar-refractivity contribution < 1.29 is 9.90 Å². The Morgan fingerprint density at radius 1 is 1.14 bits per heavy atom. The van der Waals surface area contributed by atoms with E-state index in [4.69, 9.17) is 0 Å². The normalized spacial score (nSPS) is 16.9. The number of rotatable bonds is 7. The van der Waals surface area contributed by atoms with E-state index in [1.54, 1.807) is 12.1 Å². The minimum atomic E-state index is -0.872. The summed E-state index contributed by atoms with van der Waals surface area (Å²) in [5, 5.41) is 13.9. The number of aromatic nitrogens is 1. The van der Waals surface area contributed by atoms with Gasteiger partial charge in [0.25, 0.3) is 0 Å². The molecule has 1 aliphatic rings. The molecule has 0 fully saturated rings. The molecule has 3 aromatic rings. The minimum absolute atomic E-state index is 0.376. The van der Waals surface area contributed by atoms with Crippen LogP contribution >= 0.6 is 11.8 Å². The van der Waals surface area contributed by atoms with E-state index in [0.717, 1.165) is 47.4 Å². The number of nitrogens with one attached hydrogen (secondary N) is 2. The molecule has 4 rings (SSSR count). The first-order valence-electron chi connectivity index (χ1n) is 9.60. The molecule has 28 heavy (non-hydrogen) atoms. The molecule has 4 nitrogen and oxygen atoms in total. The number of carboxylic acid groups (broad SMARTS) is 1. The maximum absolute atomic E-state index is 11.5. The third-order valence-electron chi connectivity index (χ3n) is 5.25. The number of aromatic amines is 1. The maximum atomic E-state index is 11.5. The van der Waals surface area contributed by atoms with Gasteiger partial charge in [-0.2, -0.15) is 11.8 Å². The molecule has 1 aromatic heterocycles. The predicted molar refractivity (Wildman–Crippen MR) is 117 cm³/mol. The van der Waals surface area contributed by atoms with Gasteiger partial charge in [0, 0.05) is 35.4 Å².